The van der Waals surface area contributed by atoms with Crippen molar-refractivity contribution in [3.05, 3.63) is 29.6 Å². The minimum atomic E-state index is -0.918. The first kappa shape index (κ1) is 13.6. The number of carboxylic acid groups (broad SMARTS) is 1. The Kier molecular flexibility index (Phi) is 3.12. The van der Waals surface area contributed by atoms with Gasteiger partial charge in [0, 0.05) is 11.5 Å². The number of aromatic carboxylic acids is 1. The van der Waals surface area contributed by atoms with Crippen LogP contribution in [0.1, 0.15) is 56.7 Å². The zero-order valence-corrected chi connectivity index (χ0v) is 12.1. The summed E-state index contributed by atoms with van der Waals surface area (Å²) in [5.41, 5.74) is 1.93. The van der Waals surface area contributed by atoms with Gasteiger partial charge in [-0.2, -0.15) is 0 Å². The van der Waals surface area contributed by atoms with Crippen LogP contribution in [0.15, 0.2) is 18.2 Å². The Bertz CT molecular complexity index is 633. The molecular weight excluding hydrogens is 240 g/mol. The van der Waals surface area contributed by atoms with Crippen molar-refractivity contribution in [3.8, 4) is 0 Å². The average Bonchev–Trinajstić information content (AvgIpc) is 2.66. The van der Waals surface area contributed by atoms with Crippen LogP contribution < -0.4 is 0 Å². The number of imidazole rings is 1. The summed E-state index contributed by atoms with van der Waals surface area (Å²) >= 11 is 0. The third-order valence-corrected chi connectivity index (χ3v) is 3.11. The Morgan fingerprint density at radius 3 is 2.42 bits per heavy atom. The summed E-state index contributed by atoms with van der Waals surface area (Å²) in [6.45, 7) is 10.6. The van der Waals surface area contributed by atoms with Crippen molar-refractivity contribution in [2.45, 2.75) is 46.1 Å². The van der Waals surface area contributed by atoms with Crippen LogP contribution in [0.25, 0.3) is 11.0 Å². The Morgan fingerprint density at radius 2 is 1.95 bits per heavy atom. The van der Waals surface area contributed by atoms with Crippen LogP contribution in [0, 0.1) is 0 Å². The Hall–Kier alpha value is -1.84. The third kappa shape index (κ3) is 2.35. The highest BCUT2D eigenvalue weighted by Crippen LogP contribution is 2.29. The predicted molar refractivity (Wildman–Crippen MR) is 75.8 cm³/mol. The van der Waals surface area contributed by atoms with Gasteiger partial charge in [-0.15, -0.1) is 0 Å². The number of nitrogens with zero attached hydrogens (tertiary/aromatic N) is 2. The predicted octanol–water partition coefficient (Wildman–Crippen LogP) is 3.61. The van der Waals surface area contributed by atoms with Gasteiger partial charge in [0.1, 0.15) is 5.82 Å². The second kappa shape index (κ2) is 4.37. The molecule has 0 aliphatic heterocycles. The fourth-order valence-electron chi connectivity index (χ4n) is 2.32. The zero-order valence-electron chi connectivity index (χ0n) is 12.1. The second-order valence-electron chi connectivity index (χ2n) is 6.14. The Balaban J connectivity index is 2.78. The maximum atomic E-state index is 11.0. The molecule has 19 heavy (non-hydrogen) atoms. The van der Waals surface area contributed by atoms with Crippen molar-refractivity contribution >= 4 is 17.0 Å². The first-order valence-corrected chi connectivity index (χ1v) is 6.48. The molecule has 0 saturated carbocycles. The number of carbonyl (C=O) groups is 1. The molecule has 1 N–H and O–H groups in total. The van der Waals surface area contributed by atoms with Gasteiger partial charge in [0.25, 0.3) is 0 Å². The van der Waals surface area contributed by atoms with Crippen LogP contribution in [0.5, 0.6) is 0 Å². The molecule has 0 spiro atoms. The molecule has 0 radical (unpaired) electrons. The molecule has 0 aliphatic carbocycles. The van der Waals surface area contributed by atoms with Crippen molar-refractivity contribution < 1.29 is 9.90 Å². The molecule has 1 aromatic heterocycles. The summed E-state index contributed by atoms with van der Waals surface area (Å²) in [5, 5.41) is 9.05. The third-order valence-electron chi connectivity index (χ3n) is 3.11. The number of carboxylic acids is 1. The number of fused-ring (bicyclic) bond motifs is 1. The molecular formula is C15H20N2O2. The Morgan fingerprint density at radius 1 is 1.32 bits per heavy atom. The van der Waals surface area contributed by atoms with E-state index in [0.717, 1.165) is 16.9 Å². The number of hydrogen-bond acceptors (Lipinski definition) is 2. The highest BCUT2D eigenvalue weighted by Gasteiger charge is 2.23. The smallest absolute Gasteiger partial charge is 0.335 e. The van der Waals surface area contributed by atoms with E-state index < -0.39 is 5.97 Å². The molecule has 0 fully saturated rings. The highest BCUT2D eigenvalue weighted by atomic mass is 16.4. The van der Waals surface area contributed by atoms with Crippen molar-refractivity contribution in [2.24, 2.45) is 0 Å². The molecule has 0 aliphatic rings. The molecule has 1 heterocycles. The lowest BCUT2D eigenvalue weighted by atomic mass is 10.1. The first-order valence-electron chi connectivity index (χ1n) is 6.48. The van der Waals surface area contributed by atoms with E-state index in [-0.39, 0.29) is 11.1 Å². The van der Waals surface area contributed by atoms with Gasteiger partial charge in [0.2, 0.25) is 0 Å². The van der Waals surface area contributed by atoms with E-state index in [4.69, 9.17) is 5.11 Å². The number of aromatic nitrogens is 2. The summed E-state index contributed by atoms with van der Waals surface area (Å²) in [4.78, 5) is 15.7. The fourth-order valence-corrected chi connectivity index (χ4v) is 2.32. The maximum absolute atomic E-state index is 11.0. The van der Waals surface area contributed by atoms with Crippen LogP contribution in [0.3, 0.4) is 0 Å². The summed E-state index contributed by atoms with van der Waals surface area (Å²) in [6.07, 6.45) is 0. The Labute approximate surface area is 113 Å². The summed E-state index contributed by atoms with van der Waals surface area (Å²) < 4.78 is 2.19. The van der Waals surface area contributed by atoms with Gasteiger partial charge < -0.3 is 9.67 Å². The van der Waals surface area contributed by atoms with E-state index in [0.29, 0.717) is 5.92 Å². The van der Waals surface area contributed by atoms with Crippen LogP contribution in [0.2, 0.25) is 0 Å². The van der Waals surface area contributed by atoms with Crippen molar-refractivity contribution in [2.75, 3.05) is 0 Å². The molecule has 102 valence electrons. The van der Waals surface area contributed by atoms with Crippen LogP contribution in [-0.2, 0) is 5.54 Å². The van der Waals surface area contributed by atoms with E-state index >= 15 is 0 Å². The van der Waals surface area contributed by atoms with Crippen molar-refractivity contribution in [1.29, 1.82) is 0 Å². The fraction of sp³-hybridized carbons (Fsp3) is 0.467. The molecule has 0 saturated heterocycles. The number of rotatable bonds is 2. The molecule has 2 aromatic rings. The van der Waals surface area contributed by atoms with Gasteiger partial charge in [-0.25, -0.2) is 9.78 Å². The highest BCUT2D eigenvalue weighted by molar-refractivity contribution is 5.92. The van der Waals surface area contributed by atoms with Crippen molar-refractivity contribution in [3.63, 3.8) is 0 Å². The van der Waals surface area contributed by atoms with Gasteiger partial charge in [-0.1, -0.05) is 13.8 Å². The van der Waals surface area contributed by atoms with Gasteiger partial charge in [0.15, 0.2) is 0 Å². The first-order chi connectivity index (χ1) is 8.71. The van der Waals surface area contributed by atoms with Gasteiger partial charge >= 0.3 is 5.97 Å². The lowest BCUT2D eigenvalue weighted by Gasteiger charge is -2.25. The number of hydrogen-bond donors (Lipinski definition) is 1. The lowest BCUT2D eigenvalue weighted by Crippen LogP contribution is -2.24. The van der Waals surface area contributed by atoms with E-state index in [2.05, 4.69) is 44.2 Å². The number of benzene rings is 1. The molecule has 0 unspecified atom stereocenters. The van der Waals surface area contributed by atoms with Crippen LogP contribution in [-0.4, -0.2) is 20.6 Å². The molecule has 1 aromatic carbocycles. The standard InChI is InChI=1S/C15H20N2O2/c1-9(2)13-16-11-8-10(14(18)19)6-7-12(11)17(13)15(3,4)5/h6-9H,1-5H3,(H,18,19). The molecule has 2 rings (SSSR count). The maximum Gasteiger partial charge on any atom is 0.335 e. The van der Waals surface area contributed by atoms with Gasteiger partial charge in [-0.05, 0) is 39.0 Å². The molecule has 4 nitrogen and oxygen atoms in total. The molecule has 0 amide bonds. The van der Waals surface area contributed by atoms with E-state index in [9.17, 15) is 4.79 Å². The monoisotopic (exact) mass is 260 g/mol. The second-order valence-corrected chi connectivity index (χ2v) is 6.14. The molecule has 0 bridgehead atoms. The molecule has 0 atom stereocenters. The molecule has 4 heteroatoms. The minimum Gasteiger partial charge on any atom is -0.478 e. The van der Waals surface area contributed by atoms with Crippen LogP contribution in [0.4, 0.5) is 0 Å². The minimum absolute atomic E-state index is 0.0842. The van der Waals surface area contributed by atoms with E-state index in [1.807, 2.05) is 6.07 Å². The zero-order chi connectivity index (χ0) is 14.4. The largest absolute Gasteiger partial charge is 0.478 e. The van der Waals surface area contributed by atoms with Crippen molar-refractivity contribution in [1.82, 2.24) is 9.55 Å². The average molecular weight is 260 g/mol. The summed E-state index contributed by atoms with van der Waals surface area (Å²) in [6, 6.07) is 5.13. The van der Waals surface area contributed by atoms with E-state index in [1.54, 1.807) is 12.1 Å². The van der Waals surface area contributed by atoms with Gasteiger partial charge in [0.05, 0.1) is 16.6 Å². The quantitative estimate of drug-likeness (QED) is 0.897. The van der Waals surface area contributed by atoms with E-state index in [1.165, 1.54) is 0 Å². The van der Waals surface area contributed by atoms with Gasteiger partial charge in [-0.3, -0.25) is 0 Å². The topological polar surface area (TPSA) is 55.1 Å². The van der Waals surface area contributed by atoms with Crippen LogP contribution >= 0.6 is 0 Å². The summed E-state index contributed by atoms with van der Waals surface area (Å²) in [5.74, 6) is 0.364. The lowest BCUT2D eigenvalue weighted by molar-refractivity contribution is 0.0697. The normalized spacial score (nSPS) is 12.3. The summed E-state index contributed by atoms with van der Waals surface area (Å²) in [7, 11) is 0. The SMILES string of the molecule is CC(C)c1nc2cc(C(=O)O)ccc2n1C(C)(C)C.